The molecule has 0 aromatic heterocycles. The van der Waals surface area contributed by atoms with Crippen LogP contribution in [0.4, 0.5) is 10.1 Å². The molecule has 1 aromatic carbocycles. The molecule has 100 valence electrons. The van der Waals surface area contributed by atoms with Crippen molar-refractivity contribution in [2.45, 2.75) is 26.8 Å². The average molecular weight is 250 g/mol. The standard InChI is InChI=1S/C15H23FN2/c1-11-6-7-18(10-12(11)2)15-5-4-14(16)8-13(15)9-17-3/h4-5,8,11-12,17H,6-7,9-10H2,1-3H3. The largest absolute Gasteiger partial charge is 0.371 e. The van der Waals surface area contributed by atoms with Crippen molar-refractivity contribution in [3.63, 3.8) is 0 Å². The molecule has 1 fully saturated rings. The maximum absolute atomic E-state index is 13.3. The maximum Gasteiger partial charge on any atom is 0.123 e. The highest BCUT2D eigenvalue weighted by atomic mass is 19.1. The molecule has 0 bridgehead atoms. The summed E-state index contributed by atoms with van der Waals surface area (Å²) < 4.78 is 13.3. The third-order valence-electron chi connectivity index (χ3n) is 4.08. The molecule has 3 heteroatoms. The monoisotopic (exact) mass is 250 g/mol. The lowest BCUT2D eigenvalue weighted by Gasteiger charge is -2.37. The Morgan fingerprint density at radius 2 is 2.11 bits per heavy atom. The van der Waals surface area contributed by atoms with Crippen LogP contribution in [0.15, 0.2) is 18.2 Å². The number of anilines is 1. The van der Waals surface area contributed by atoms with Crippen molar-refractivity contribution in [2.75, 3.05) is 25.0 Å². The molecule has 1 heterocycles. The number of hydrogen-bond donors (Lipinski definition) is 1. The molecule has 2 unspecified atom stereocenters. The van der Waals surface area contributed by atoms with Crippen molar-refractivity contribution in [3.8, 4) is 0 Å². The first-order chi connectivity index (χ1) is 8.61. The van der Waals surface area contributed by atoms with Gasteiger partial charge in [0.05, 0.1) is 0 Å². The Bertz CT molecular complexity index is 405. The van der Waals surface area contributed by atoms with Gasteiger partial charge in [-0.1, -0.05) is 13.8 Å². The summed E-state index contributed by atoms with van der Waals surface area (Å²) in [6.45, 7) is 7.49. The van der Waals surface area contributed by atoms with Crippen molar-refractivity contribution in [1.82, 2.24) is 5.32 Å². The van der Waals surface area contributed by atoms with E-state index >= 15 is 0 Å². The first kappa shape index (κ1) is 13.3. The van der Waals surface area contributed by atoms with Crippen LogP contribution in [0.5, 0.6) is 0 Å². The first-order valence-electron chi connectivity index (χ1n) is 6.79. The number of halogens is 1. The Balaban J connectivity index is 2.22. The molecule has 1 saturated heterocycles. The smallest absolute Gasteiger partial charge is 0.123 e. The van der Waals surface area contributed by atoms with Crippen molar-refractivity contribution < 1.29 is 4.39 Å². The second-order valence-corrected chi connectivity index (χ2v) is 5.49. The predicted octanol–water partition coefficient (Wildman–Crippen LogP) is 3.03. The highest BCUT2D eigenvalue weighted by Gasteiger charge is 2.24. The molecule has 1 aromatic rings. The van der Waals surface area contributed by atoms with E-state index in [-0.39, 0.29) is 5.82 Å². The second kappa shape index (κ2) is 5.70. The van der Waals surface area contributed by atoms with E-state index in [9.17, 15) is 4.39 Å². The second-order valence-electron chi connectivity index (χ2n) is 5.49. The maximum atomic E-state index is 13.3. The fourth-order valence-corrected chi connectivity index (χ4v) is 2.68. The van der Waals surface area contributed by atoms with Gasteiger partial charge in [-0.05, 0) is 49.1 Å². The van der Waals surface area contributed by atoms with Gasteiger partial charge in [-0.3, -0.25) is 0 Å². The van der Waals surface area contributed by atoms with Crippen molar-refractivity contribution in [2.24, 2.45) is 11.8 Å². The Morgan fingerprint density at radius 1 is 1.33 bits per heavy atom. The zero-order valence-corrected chi connectivity index (χ0v) is 11.5. The number of nitrogens with one attached hydrogen (secondary N) is 1. The normalized spacial score (nSPS) is 24.3. The minimum absolute atomic E-state index is 0.151. The van der Waals surface area contributed by atoms with Crippen LogP contribution in [0.3, 0.4) is 0 Å². The number of piperidine rings is 1. The van der Waals surface area contributed by atoms with E-state index in [2.05, 4.69) is 24.1 Å². The van der Waals surface area contributed by atoms with E-state index < -0.39 is 0 Å². The first-order valence-corrected chi connectivity index (χ1v) is 6.79. The Kier molecular flexibility index (Phi) is 4.23. The molecule has 0 radical (unpaired) electrons. The molecular formula is C15H23FN2. The van der Waals surface area contributed by atoms with Gasteiger partial charge in [0.15, 0.2) is 0 Å². The molecule has 18 heavy (non-hydrogen) atoms. The quantitative estimate of drug-likeness (QED) is 0.887. The van der Waals surface area contributed by atoms with Crippen LogP contribution in [0.1, 0.15) is 25.8 Å². The van der Waals surface area contributed by atoms with Crippen molar-refractivity contribution >= 4 is 5.69 Å². The molecule has 2 nitrogen and oxygen atoms in total. The van der Waals surface area contributed by atoms with Gasteiger partial charge in [0.25, 0.3) is 0 Å². The van der Waals surface area contributed by atoms with E-state index in [0.717, 1.165) is 24.6 Å². The fourth-order valence-electron chi connectivity index (χ4n) is 2.68. The Labute approximate surface area is 109 Å². The minimum Gasteiger partial charge on any atom is -0.371 e. The summed E-state index contributed by atoms with van der Waals surface area (Å²) in [7, 11) is 1.90. The SMILES string of the molecule is CNCc1cc(F)ccc1N1CCC(C)C(C)C1. The average Bonchev–Trinajstić information content (AvgIpc) is 2.34. The Morgan fingerprint density at radius 3 is 2.78 bits per heavy atom. The van der Waals surface area contributed by atoms with Crippen LogP contribution in [0.25, 0.3) is 0 Å². The van der Waals surface area contributed by atoms with Gasteiger partial charge in [0.2, 0.25) is 0 Å². The van der Waals surface area contributed by atoms with Gasteiger partial charge in [-0.2, -0.15) is 0 Å². The summed E-state index contributed by atoms with van der Waals surface area (Å²) in [5.74, 6) is 1.34. The highest BCUT2D eigenvalue weighted by molar-refractivity contribution is 5.54. The minimum atomic E-state index is -0.151. The molecule has 0 spiro atoms. The van der Waals surface area contributed by atoms with E-state index in [4.69, 9.17) is 0 Å². The van der Waals surface area contributed by atoms with Crippen LogP contribution in [0, 0.1) is 17.7 Å². The topological polar surface area (TPSA) is 15.3 Å². The number of hydrogen-bond acceptors (Lipinski definition) is 2. The summed E-state index contributed by atoms with van der Waals surface area (Å²) >= 11 is 0. The number of nitrogens with zero attached hydrogens (tertiary/aromatic N) is 1. The third kappa shape index (κ3) is 2.83. The molecule has 2 rings (SSSR count). The highest BCUT2D eigenvalue weighted by Crippen LogP contribution is 2.29. The van der Waals surface area contributed by atoms with Crippen LogP contribution in [-0.4, -0.2) is 20.1 Å². The zero-order chi connectivity index (χ0) is 13.1. The summed E-state index contributed by atoms with van der Waals surface area (Å²) in [5.41, 5.74) is 2.24. The van der Waals surface area contributed by atoms with Crippen molar-refractivity contribution in [3.05, 3.63) is 29.6 Å². The van der Waals surface area contributed by atoms with Crippen LogP contribution >= 0.6 is 0 Å². The van der Waals surface area contributed by atoms with Crippen LogP contribution < -0.4 is 10.2 Å². The number of benzene rings is 1. The zero-order valence-electron chi connectivity index (χ0n) is 11.5. The summed E-state index contributed by atoms with van der Waals surface area (Å²) in [5, 5.41) is 3.12. The summed E-state index contributed by atoms with van der Waals surface area (Å²) in [4.78, 5) is 2.40. The van der Waals surface area contributed by atoms with Gasteiger partial charge >= 0.3 is 0 Å². The van der Waals surface area contributed by atoms with E-state index in [1.807, 2.05) is 13.1 Å². The molecule has 0 saturated carbocycles. The Hall–Kier alpha value is -1.09. The lowest BCUT2D eigenvalue weighted by Crippen LogP contribution is -2.39. The lowest BCUT2D eigenvalue weighted by atomic mass is 9.88. The van der Waals surface area contributed by atoms with Crippen LogP contribution in [0.2, 0.25) is 0 Å². The van der Waals surface area contributed by atoms with Crippen LogP contribution in [-0.2, 0) is 6.54 Å². The molecule has 2 atom stereocenters. The molecule has 0 aliphatic carbocycles. The summed E-state index contributed by atoms with van der Waals surface area (Å²) in [6.07, 6.45) is 1.22. The van der Waals surface area contributed by atoms with E-state index in [0.29, 0.717) is 12.5 Å². The predicted molar refractivity (Wildman–Crippen MR) is 74.3 cm³/mol. The molecule has 0 amide bonds. The van der Waals surface area contributed by atoms with Gasteiger partial charge < -0.3 is 10.2 Å². The van der Waals surface area contributed by atoms with Gasteiger partial charge in [-0.25, -0.2) is 4.39 Å². The van der Waals surface area contributed by atoms with Gasteiger partial charge in [0, 0.05) is 25.3 Å². The van der Waals surface area contributed by atoms with Gasteiger partial charge in [-0.15, -0.1) is 0 Å². The molecule has 1 aliphatic rings. The fraction of sp³-hybridized carbons (Fsp3) is 0.600. The molecule has 1 aliphatic heterocycles. The molecular weight excluding hydrogens is 227 g/mol. The van der Waals surface area contributed by atoms with Crippen molar-refractivity contribution in [1.29, 1.82) is 0 Å². The summed E-state index contributed by atoms with van der Waals surface area (Å²) in [6, 6.07) is 5.14. The van der Waals surface area contributed by atoms with E-state index in [1.165, 1.54) is 12.1 Å². The lowest BCUT2D eigenvalue weighted by molar-refractivity contribution is 0.323. The molecule has 1 N–H and O–H groups in total. The van der Waals surface area contributed by atoms with E-state index in [1.54, 1.807) is 12.1 Å². The van der Waals surface area contributed by atoms with Gasteiger partial charge in [0.1, 0.15) is 5.82 Å². The number of rotatable bonds is 3. The third-order valence-corrected chi connectivity index (χ3v) is 4.08.